The van der Waals surface area contributed by atoms with Crippen molar-refractivity contribution in [3.05, 3.63) is 29.8 Å². The van der Waals surface area contributed by atoms with Crippen molar-refractivity contribution in [2.45, 2.75) is 13.8 Å². The van der Waals surface area contributed by atoms with Gasteiger partial charge in [-0.3, -0.25) is 9.48 Å². The maximum atomic E-state index is 11.1. The number of nitrogens with zero attached hydrogens (tertiary/aromatic N) is 2. The minimum atomic E-state index is -0.0669. The lowest BCUT2D eigenvalue weighted by Gasteiger charge is -1.92. The van der Waals surface area contributed by atoms with Crippen LogP contribution in [0.1, 0.15) is 23.2 Å². The van der Waals surface area contributed by atoms with Gasteiger partial charge in [0.2, 0.25) is 0 Å². The Kier molecular flexibility index (Phi) is 2.19. The maximum Gasteiger partial charge on any atom is 0.194 e. The van der Waals surface area contributed by atoms with Crippen LogP contribution in [0.5, 0.6) is 0 Å². The van der Waals surface area contributed by atoms with Crippen molar-refractivity contribution in [1.82, 2.24) is 9.78 Å². The lowest BCUT2D eigenvalue weighted by molar-refractivity contribution is 0.0988. The van der Waals surface area contributed by atoms with E-state index < -0.39 is 0 Å². The van der Waals surface area contributed by atoms with E-state index in [1.54, 1.807) is 16.8 Å². The number of ketones is 1. The van der Waals surface area contributed by atoms with Gasteiger partial charge in [0.1, 0.15) is 5.76 Å². The number of carbonyl (C=O) groups excluding carboxylic acids is 1. The van der Waals surface area contributed by atoms with Gasteiger partial charge in [-0.05, 0) is 19.1 Å². The number of hydrogen-bond donors (Lipinski definition) is 0. The van der Waals surface area contributed by atoms with Crippen molar-refractivity contribution >= 4 is 5.78 Å². The monoisotopic (exact) mass is 204 g/mol. The summed E-state index contributed by atoms with van der Waals surface area (Å²) < 4.78 is 7.15. The van der Waals surface area contributed by atoms with Crippen LogP contribution in [0, 0.1) is 6.92 Å². The number of Topliss-reactive ketones (excluding diaryl/α,β-unsaturated/α-hetero) is 1. The second-order valence-electron chi connectivity index (χ2n) is 3.52. The molecule has 0 saturated heterocycles. The highest BCUT2D eigenvalue weighted by molar-refractivity contribution is 5.91. The fourth-order valence-electron chi connectivity index (χ4n) is 1.51. The van der Waals surface area contributed by atoms with E-state index in [9.17, 15) is 4.79 Å². The molecule has 0 spiro atoms. The number of rotatable bonds is 2. The van der Waals surface area contributed by atoms with Crippen molar-refractivity contribution in [1.29, 1.82) is 0 Å². The molecule has 0 aliphatic carbocycles. The molecule has 2 aromatic heterocycles. The highest BCUT2D eigenvalue weighted by atomic mass is 16.3. The SMILES string of the molecule is CC(=O)c1ccc(-c2cn(C)nc2C)o1. The molecule has 4 heteroatoms. The van der Waals surface area contributed by atoms with Gasteiger partial charge in [0.05, 0.1) is 11.3 Å². The Morgan fingerprint density at radius 2 is 2.20 bits per heavy atom. The van der Waals surface area contributed by atoms with Crippen LogP contribution < -0.4 is 0 Å². The van der Waals surface area contributed by atoms with Crippen molar-refractivity contribution in [2.75, 3.05) is 0 Å². The molecule has 2 heterocycles. The largest absolute Gasteiger partial charge is 0.453 e. The van der Waals surface area contributed by atoms with Gasteiger partial charge in [-0.1, -0.05) is 0 Å². The van der Waals surface area contributed by atoms with Crippen LogP contribution in [0.4, 0.5) is 0 Å². The van der Waals surface area contributed by atoms with Gasteiger partial charge in [-0.2, -0.15) is 5.10 Å². The first-order chi connectivity index (χ1) is 7.08. The minimum Gasteiger partial charge on any atom is -0.453 e. The Labute approximate surface area is 87.5 Å². The summed E-state index contributed by atoms with van der Waals surface area (Å²) in [6.45, 7) is 3.39. The third-order valence-electron chi connectivity index (χ3n) is 2.23. The topological polar surface area (TPSA) is 48.0 Å². The lowest BCUT2D eigenvalue weighted by atomic mass is 10.2. The quantitative estimate of drug-likeness (QED) is 0.704. The van der Waals surface area contributed by atoms with E-state index in [1.807, 2.05) is 20.2 Å². The summed E-state index contributed by atoms with van der Waals surface area (Å²) in [7, 11) is 1.85. The van der Waals surface area contributed by atoms with Gasteiger partial charge in [0.15, 0.2) is 11.5 Å². The van der Waals surface area contributed by atoms with E-state index >= 15 is 0 Å². The zero-order valence-corrected chi connectivity index (χ0v) is 8.94. The third-order valence-corrected chi connectivity index (χ3v) is 2.23. The second-order valence-corrected chi connectivity index (χ2v) is 3.52. The Morgan fingerprint density at radius 3 is 2.67 bits per heavy atom. The first-order valence-electron chi connectivity index (χ1n) is 4.69. The number of aryl methyl sites for hydroxylation is 2. The average Bonchev–Trinajstić information content (AvgIpc) is 2.71. The predicted molar refractivity (Wildman–Crippen MR) is 55.7 cm³/mol. The van der Waals surface area contributed by atoms with Gasteiger partial charge in [-0.25, -0.2) is 0 Å². The molecular weight excluding hydrogens is 192 g/mol. The molecule has 0 unspecified atom stereocenters. The van der Waals surface area contributed by atoms with Crippen LogP contribution in [0.3, 0.4) is 0 Å². The van der Waals surface area contributed by atoms with Crippen LogP contribution in [0.2, 0.25) is 0 Å². The molecule has 4 nitrogen and oxygen atoms in total. The second kappa shape index (κ2) is 3.38. The van der Waals surface area contributed by atoms with Gasteiger partial charge in [0, 0.05) is 20.2 Å². The van der Waals surface area contributed by atoms with E-state index in [-0.39, 0.29) is 5.78 Å². The standard InChI is InChI=1S/C11H12N2O2/c1-7-9(6-13(3)12-7)11-5-4-10(15-11)8(2)14/h4-6H,1-3H3. The van der Waals surface area contributed by atoms with Gasteiger partial charge >= 0.3 is 0 Å². The molecule has 2 rings (SSSR count). The highest BCUT2D eigenvalue weighted by Crippen LogP contribution is 2.24. The van der Waals surface area contributed by atoms with E-state index in [0.717, 1.165) is 11.3 Å². The molecule has 2 aromatic rings. The van der Waals surface area contributed by atoms with Crippen LogP contribution in [-0.4, -0.2) is 15.6 Å². The van der Waals surface area contributed by atoms with Gasteiger partial charge < -0.3 is 4.42 Å². The number of hydrogen-bond acceptors (Lipinski definition) is 3. The zero-order valence-electron chi connectivity index (χ0n) is 8.94. The number of furan rings is 1. The first kappa shape index (κ1) is 9.71. The molecule has 0 saturated carbocycles. The summed E-state index contributed by atoms with van der Waals surface area (Å²) in [6, 6.07) is 3.48. The van der Waals surface area contributed by atoms with E-state index in [0.29, 0.717) is 11.5 Å². The van der Waals surface area contributed by atoms with Crippen molar-refractivity contribution in [3.8, 4) is 11.3 Å². The Balaban J connectivity index is 2.45. The molecule has 0 aliphatic rings. The third kappa shape index (κ3) is 1.70. The molecule has 0 atom stereocenters. The molecule has 0 radical (unpaired) electrons. The van der Waals surface area contributed by atoms with Crippen LogP contribution >= 0.6 is 0 Å². The van der Waals surface area contributed by atoms with Gasteiger partial charge in [-0.15, -0.1) is 0 Å². The number of carbonyl (C=O) groups is 1. The highest BCUT2D eigenvalue weighted by Gasteiger charge is 2.12. The molecule has 0 amide bonds. The summed E-state index contributed by atoms with van der Waals surface area (Å²) in [5, 5.41) is 4.21. The van der Waals surface area contributed by atoms with Crippen molar-refractivity contribution in [2.24, 2.45) is 7.05 Å². The molecule has 0 fully saturated rings. The Bertz CT molecular complexity index is 508. The van der Waals surface area contributed by atoms with E-state index in [2.05, 4.69) is 5.10 Å². The van der Waals surface area contributed by atoms with Crippen LogP contribution in [-0.2, 0) is 7.05 Å². The van der Waals surface area contributed by atoms with Gasteiger partial charge in [0.25, 0.3) is 0 Å². The lowest BCUT2D eigenvalue weighted by Crippen LogP contribution is -1.86. The molecule has 0 aliphatic heterocycles. The molecule has 0 aromatic carbocycles. The van der Waals surface area contributed by atoms with Crippen molar-refractivity contribution in [3.63, 3.8) is 0 Å². The predicted octanol–water partition coefficient (Wildman–Crippen LogP) is 2.19. The normalized spacial score (nSPS) is 10.6. The molecule has 15 heavy (non-hydrogen) atoms. The summed E-state index contributed by atoms with van der Waals surface area (Å²) in [4.78, 5) is 11.1. The smallest absolute Gasteiger partial charge is 0.194 e. The van der Waals surface area contributed by atoms with E-state index in [4.69, 9.17) is 4.42 Å². The Morgan fingerprint density at radius 1 is 1.47 bits per heavy atom. The minimum absolute atomic E-state index is 0.0669. The summed E-state index contributed by atoms with van der Waals surface area (Å²) in [5.41, 5.74) is 1.81. The molecular formula is C11H12N2O2. The first-order valence-corrected chi connectivity index (χ1v) is 4.69. The number of aromatic nitrogens is 2. The fourth-order valence-corrected chi connectivity index (χ4v) is 1.51. The molecule has 0 bridgehead atoms. The van der Waals surface area contributed by atoms with Crippen LogP contribution in [0.15, 0.2) is 22.7 Å². The van der Waals surface area contributed by atoms with Crippen LogP contribution in [0.25, 0.3) is 11.3 Å². The molecule has 78 valence electrons. The fraction of sp³-hybridized carbons (Fsp3) is 0.273. The Hall–Kier alpha value is -1.84. The summed E-state index contributed by atoms with van der Waals surface area (Å²) in [5.74, 6) is 1.00. The average molecular weight is 204 g/mol. The van der Waals surface area contributed by atoms with E-state index in [1.165, 1.54) is 6.92 Å². The van der Waals surface area contributed by atoms with Crippen molar-refractivity contribution < 1.29 is 9.21 Å². The zero-order chi connectivity index (χ0) is 11.0. The summed E-state index contributed by atoms with van der Waals surface area (Å²) >= 11 is 0. The molecule has 0 N–H and O–H groups in total. The maximum absolute atomic E-state index is 11.1. The summed E-state index contributed by atoms with van der Waals surface area (Å²) in [6.07, 6.45) is 1.87.